The highest BCUT2D eigenvalue weighted by Gasteiger charge is 3.22. The van der Waals surface area contributed by atoms with Crippen LogP contribution in [0.2, 0.25) is 0 Å². The molecule has 0 amide bonds. The third-order valence-corrected chi connectivity index (χ3v) is 5.70. The molecule has 168 valence electrons. The molecule has 0 spiro atoms. The number of alkyl halides is 14. The van der Waals surface area contributed by atoms with Crippen LogP contribution in [0.25, 0.3) is 0 Å². The molecule has 16 heteroatoms. The fourth-order valence-electron chi connectivity index (χ4n) is 4.30. The van der Waals surface area contributed by atoms with Gasteiger partial charge < -0.3 is 9.84 Å². The van der Waals surface area contributed by atoms with Crippen LogP contribution < -0.4 is 0 Å². The highest BCUT2D eigenvalue weighted by atomic mass is 19.3. The smallest absolute Gasteiger partial charge is 0.339 e. The summed E-state index contributed by atoms with van der Waals surface area (Å²) in [5, 5.41) is 9.34. The van der Waals surface area contributed by atoms with Crippen LogP contribution in [-0.4, -0.2) is 69.8 Å². The normalized spacial score (nSPS) is 49.1. The predicted molar refractivity (Wildman–Crippen MR) is 61.2 cm³/mol. The number of ether oxygens (including phenoxy) is 1. The van der Waals surface area contributed by atoms with Gasteiger partial charge in [0.2, 0.25) is 0 Å². The number of hydrogen-bond acceptors (Lipinski definition) is 2. The van der Waals surface area contributed by atoms with Crippen LogP contribution >= 0.6 is 0 Å². The SMILES string of the molecule is C=CCOC12C(F)(F)C3(O)C(F)(F)C(F)(C(F)(F)C(F)(C3(F)F)C1(F)F)C2(F)F. The maximum absolute atomic E-state index is 14.7. The standard InChI is InChI=1S/C13H6F14O2/c1-2-3-29-7-11(22,23)4(14)8(16,17)5(15,12(7,24)25)10(20,21)6(28,9(4,18)19)13(7,26)27/h2,28H,1,3H2. The lowest BCUT2D eigenvalue weighted by molar-refractivity contribution is -0.626. The van der Waals surface area contributed by atoms with Crippen molar-refractivity contribution in [3.63, 3.8) is 0 Å². The number of aliphatic hydroxyl groups is 1. The van der Waals surface area contributed by atoms with Crippen molar-refractivity contribution in [1.29, 1.82) is 0 Å². The molecule has 2 atom stereocenters. The minimum atomic E-state index is -7.70. The maximum atomic E-state index is 14.7. The van der Waals surface area contributed by atoms with Crippen molar-refractivity contribution in [2.24, 2.45) is 0 Å². The molecule has 0 radical (unpaired) electrons. The first kappa shape index (κ1) is 22.4. The summed E-state index contributed by atoms with van der Waals surface area (Å²) in [5.41, 5.74) is -28.8. The lowest BCUT2D eigenvalue weighted by Gasteiger charge is -2.75. The van der Waals surface area contributed by atoms with Crippen LogP contribution in [0.5, 0.6) is 0 Å². The first-order valence-electron chi connectivity index (χ1n) is 7.18. The minimum absolute atomic E-state index is 0.0646. The van der Waals surface area contributed by atoms with Gasteiger partial charge in [-0.05, 0) is 0 Å². The molecule has 0 aromatic carbocycles. The van der Waals surface area contributed by atoms with Gasteiger partial charge in [-0.25, -0.2) is 8.78 Å². The van der Waals surface area contributed by atoms with Crippen molar-refractivity contribution >= 4 is 0 Å². The summed E-state index contributed by atoms with van der Waals surface area (Å²) in [6, 6.07) is 0. The van der Waals surface area contributed by atoms with E-state index in [9.17, 15) is 66.6 Å². The quantitative estimate of drug-likeness (QED) is 0.511. The molecule has 4 aliphatic carbocycles. The van der Waals surface area contributed by atoms with E-state index < -0.39 is 64.7 Å². The van der Waals surface area contributed by atoms with Crippen molar-refractivity contribution in [3.8, 4) is 0 Å². The molecule has 4 rings (SSSR count). The van der Waals surface area contributed by atoms with Gasteiger partial charge in [0.1, 0.15) is 0 Å². The molecular weight excluding hydrogens is 454 g/mol. The van der Waals surface area contributed by atoms with Gasteiger partial charge in [-0.3, -0.25) is 0 Å². The van der Waals surface area contributed by atoms with Gasteiger partial charge in [0, 0.05) is 0 Å². The largest absolute Gasteiger partial charge is 0.373 e. The van der Waals surface area contributed by atoms with Crippen LogP contribution in [0.4, 0.5) is 61.5 Å². The molecule has 1 N–H and O–H groups in total. The highest BCUT2D eigenvalue weighted by molar-refractivity contribution is 5.54. The molecule has 4 fully saturated rings. The Bertz CT molecular complexity index is 675. The lowest BCUT2D eigenvalue weighted by Crippen LogP contribution is -3.10. The van der Waals surface area contributed by atoms with E-state index in [1.54, 1.807) is 0 Å². The Kier molecular flexibility index (Phi) is 3.57. The fraction of sp³-hybridized carbons (Fsp3) is 0.846. The van der Waals surface area contributed by atoms with E-state index in [2.05, 4.69) is 11.3 Å². The first-order chi connectivity index (χ1) is 12.6. The van der Waals surface area contributed by atoms with E-state index in [1.165, 1.54) is 0 Å². The summed E-state index contributed by atoms with van der Waals surface area (Å²) in [5.74, 6) is -45.0. The summed E-state index contributed by atoms with van der Waals surface area (Å²) < 4.78 is 204. The second-order valence-corrected chi connectivity index (χ2v) is 6.75. The second kappa shape index (κ2) is 4.62. The van der Waals surface area contributed by atoms with E-state index in [4.69, 9.17) is 0 Å². The van der Waals surface area contributed by atoms with Gasteiger partial charge in [0.05, 0.1) is 6.61 Å². The summed E-state index contributed by atoms with van der Waals surface area (Å²) in [4.78, 5) is 0. The minimum Gasteiger partial charge on any atom is -0.373 e. The summed E-state index contributed by atoms with van der Waals surface area (Å²) >= 11 is 0. The predicted octanol–water partition coefficient (Wildman–Crippen LogP) is 3.93. The van der Waals surface area contributed by atoms with Crippen LogP contribution in [-0.2, 0) is 4.74 Å². The molecule has 4 saturated carbocycles. The number of rotatable bonds is 3. The van der Waals surface area contributed by atoms with Crippen LogP contribution in [0.1, 0.15) is 0 Å². The molecule has 0 heterocycles. The van der Waals surface area contributed by atoms with E-state index in [-0.39, 0.29) is 6.08 Å². The van der Waals surface area contributed by atoms with E-state index >= 15 is 0 Å². The zero-order valence-corrected chi connectivity index (χ0v) is 13.1. The molecule has 0 aromatic heterocycles. The molecular formula is C13H6F14O2. The van der Waals surface area contributed by atoms with E-state index in [0.717, 1.165) is 0 Å². The van der Waals surface area contributed by atoms with Crippen molar-refractivity contribution in [2.45, 2.75) is 58.1 Å². The Morgan fingerprint density at radius 2 is 0.931 bits per heavy atom. The third kappa shape index (κ3) is 1.30. The monoisotopic (exact) mass is 460 g/mol. The topological polar surface area (TPSA) is 29.5 Å². The molecule has 0 aromatic rings. The maximum Gasteiger partial charge on any atom is 0.339 e. The van der Waals surface area contributed by atoms with Gasteiger partial charge in [-0.2, -0.15) is 52.7 Å². The van der Waals surface area contributed by atoms with Gasteiger partial charge in [0.25, 0.3) is 11.2 Å². The number of halogens is 14. The Hall–Kier alpha value is -1.32. The molecule has 0 aliphatic heterocycles. The molecule has 2 unspecified atom stereocenters. The lowest BCUT2D eigenvalue weighted by atomic mass is 9.39. The van der Waals surface area contributed by atoms with Crippen LogP contribution in [0, 0.1) is 0 Å². The molecule has 4 bridgehead atoms. The Balaban J connectivity index is 2.68. The van der Waals surface area contributed by atoms with Crippen molar-refractivity contribution in [1.82, 2.24) is 0 Å². The Morgan fingerprint density at radius 3 is 1.24 bits per heavy atom. The van der Waals surface area contributed by atoms with E-state index in [1.807, 2.05) is 0 Å². The third-order valence-electron chi connectivity index (χ3n) is 5.70. The van der Waals surface area contributed by atoms with Crippen LogP contribution in [0.15, 0.2) is 12.7 Å². The zero-order valence-electron chi connectivity index (χ0n) is 13.1. The van der Waals surface area contributed by atoms with Crippen molar-refractivity contribution in [3.05, 3.63) is 12.7 Å². The molecule has 2 nitrogen and oxygen atoms in total. The number of hydrogen-bond donors (Lipinski definition) is 1. The van der Waals surface area contributed by atoms with Gasteiger partial charge in [-0.1, -0.05) is 6.08 Å². The Morgan fingerprint density at radius 1 is 0.586 bits per heavy atom. The Labute approximate surface area is 150 Å². The van der Waals surface area contributed by atoms with Crippen molar-refractivity contribution < 1.29 is 71.3 Å². The van der Waals surface area contributed by atoms with Crippen molar-refractivity contribution in [2.75, 3.05) is 6.61 Å². The first-order valence-corrected chi connectivity index (χ1v) is 7.18. The van der Waals surface area contributed by atoms with Crippen LogP contribution in [0.3, 0.4) is 0 Å². The summed E-state index contributed by atoms with van der Waals surface area (Å²) in [7, 11) is 0. The fourth-order valence-corrected chi connectivity index (χ4v) is 4.30. The van der Waals surface area contributed by atoms with Gasteiger partial charge >= 0.3 is 46.9 Å². The second-order valence-electron chi connectivity index (χ2n) is 6.75. The highest BCUT2D eigenvalue weighted by Crippen LogP contribution is 2.87. The average Bonchev–Trinajstić information content (AvgIpc) is 2.55. The van der Waals surface area contributed by atoms with Gasteiger partial charge in [0.15, 0.2) is 0 Å². The average molecular weight is 460 g/mol. The zero-order chi connectivity index (χ0) is 23.1. The summed E-state index contributed by atoms with van der Waals surface area (Å²) in [6.07, 6.45) is 0.0646. The van der Waals surface area contributed by atoms with E-state index in [0.29, 0.717) is 0 Å². The molecule has 29 heavy (non-hydrogen) atoms. The van der Waals surface area contributed by atoms with Gasteiger partial charge in [-0.15, -0.1) is 6.58 Å². The molecule has 4 aliphatic rings. The summed E-state index contributed by atoms with van der Waals surface area (Å²) in [6.45, 7) is 0.596. The molecule has 0 saturated heterocycles.